The van der Waals surface area contributed by atoms with Crippen LogP contribution in [0.25, 0.3) is 0 Å². The Morgan fingerprint density at radius 1 is 0.938 bits per heavy atom. The second-order valence-corrected chi connectivity index (χ2v) is 3.91. The lowest BCUT2D eigenvalue weighted by molar-refractivity contribution is 0.248. The first-order valence-corrected chi connectivity index (χ1v) is 6.04. The zero-order valence-corrected chi connectivity index (χ0v) is 10.2. The van der Waals surface area contributed by atoms with Crippen molar-refractivity contribution in [3.05, 3.63) is 0 Å². The second kappa shape index (κ2) is 11.3. The average molecular weight is 232 g/mol. The summed E-state index contributed by atoms with van der Waals surface area (Å²) in [6.07, 6.45) is 0.994. The van der Waals surface area contributed by atoms with Gasteiger partial charge in [-0.2, -0.15) is 0 Å². The normalized spacial score (nSPS) is 13.3. The van der Waals surface area contributed by atoms with E-state index in [-0.39, 0.29) is 6.04 Å². The van der Waals surface area contributed by atoms with Gasteiger partial charge in [0.1, 0.15) is 0 Å². The summed E-state index contributed by atoms with van der Waals surface area (Å²) in [5.41, 5.74) is 22.2. The van der Waals surface area contributed by atoms with Gasteiger partial charge in [0.05, 0.1) is 0 Å². The maximum atomic E-state index is 5.70. The standard InChI is InChI=1S/C10H28N6/c11-2-1-6-16(7-4-13)9-10(8-14)15-5-3-12/h10,15H,1-9,11-14H2. The third-order valence-electron chi connectivity index (χ3n) is 2.46. The van der Waals surface area contributed by atoms with Crippen LogP contribution in [0, 0.1) is 0 Å². The molecule has 98 valence electrons. The van der Waals surface area contributed by atoms with E-state index in [0.717, 1.165) is 32.6 Å². The monoisotopic (exact) mass is 232 g/mol. The van der Waals surface area contributed by atoms with Crippen molar-refractivity contribution in [1.29, 1.82) is 0 Å². The molecule has 0 aromatic rings. The number of nitrogens with zero attached hydrogens (tertiary/aromatic N) is 1. The lowest BCUT2D eigenvalue weighted by Crippen LogP contribution is -2.48. The van der Waals surface area contributed by atoms with Gasteiger partial charge in [0, 0.05) is 45.3 Å². The Hall–Kier alpha value is -0.240. The molecule has 6 heteroatoms. The zero-order chi connectivity index (χ0) is 12.2. The van der Waals surface area contributed by atoms with Crippen LogP contribution in [0.1, 0.15) is 6.42 Å². The van der Waals surface area contributed by atoms with Crippen molar-refractivity contribution in [1.82, 2.24) is 10.2 Å². The van der Waals surface area contributed by atoms with Gasteiger partial charge in [0.2, 0.25) is 0 Å². The van der Waals surface area contributed by atoms with Crippen molar-refractivity contribution < 1.29 is 0 Å². The van der Waals surface area contributed by atoms with Crippen LogP contribution in [0.3, 0.4) is 0 Å². The van der Waals surface area contributed by atoms with E-state index in [4.69, 9.17) is 22.9 Å². The van der Waals surface area contributed by atoms with Crippen LogP contribution in [-0.4, -0.2) is 63.3 Å². The molecule has 0 saturated heterocycles. The summed E-state index contributed by atoms with van der Waals surface area (Å²) in [7, 11) is 0. The quantitative estimate of drug-likeness (QED) is 0.268. The van der Waals surface area contributed by atoms with Gasteiger partial charge in [0.15, 0.2) is 0 Å². The number of nitrogens with one attached hydrogen (secondary N) is 1. The molecule has 0 rings (SSSR count). The molecule has 6 nitrogen and oxygen atoms in total. The van der Waals surface area contributed by atoms with Crippen molar-refractivity contribution in [2.45, 2.75) is 12.5 Å². The summed E-state index contributed by atoms with van der Waals surface area (Å²) in [4.78, 5) is 2.30. The van der Waals surface area contributed by atoms with Gasteiger partial charge >= 0.3 is 0 Å². The van der Waals surface area contributed by atoms with Crippen LogP contribution in [0.5, 0.6) is 0 Å². The fraction of sp³-hybridized carbons (Fsp3) is 1.00. The molecule has 0 amide bonds. The highest BCUT2D eigenvalue weighted by Crippen LogP contribution is 1.93. The van der Waals surface area contributed by atoms with Crippen LogP contribution in [0.15, 0.2) is 0 Å². The first-order chi connectivity index (χ1) is 7.78. The van der Waals surface area contributed by atoms with Crippen LogP contribution in [-0.2, 0) is 0 Å². The lowest BCUT2D eigenvalue weighted by atomic mass is 10.2. The van der Waals surface area contributed by atoms with Gasteiger partial charge in [0.25, 0.3) is 0 Å². The summed E-state index contributed by atoms with van der Waals surface area (Å²) in [5, 5.41) is 3.32. The molecule has 0 aliphatic heterocycles. The molecule has 0 aliphatic rings. The Kier molecular flexibility index (Phi) is 11.1. The molecule has 16 heavy (non-hydrogen) atoms. The fourth-order valence-corrected chi connectivity index (χ4v) is 1.61. The van der Waals surface area contributed by atoms with Crippen molar-refractivity contribution in [2.75, 3.05) is 52.4 Å². The summed E-state index contributed by atoms with van der Waals surface area (Å²) < 4.78 is 0. The van der Waals surface area contributed by atoms with E-state index in [1.165, 1.54) is 0 Å². The van der Waals surface area contributed by atoms with Gasteiger partial charge in [-0.1, -0.05) is 0 Å². The largest absolute Gasteiger partial charge is 0.330 e. The third-order valence-corrected chi connectivity index (χ3v) is 2.46. The molecule has 0 spiro atoms. The minimum Gasteiger partial charge on any atom is -0.330 e. The SMILES string of the molecule is NCCCN(CCN)CC(CN)NCCN. The summed E-state index contributed by atoms with van der Waals surface area (Å²) in [6.45, 7) is 6.21. The molecular formula is C10H28N6. The van der Waals surface area contributed by atoms with Crippen LogP contribution in [0.2, 0.25) is 0 Å². The topological polar surface area (TPSA) is 119 Å². The summed E-state index contributed by atoms with van der Waals surface area (Å²) in [5.74, 6) is 0. The highest BCUT2D eigenvalue weighted by Gasteiger charge is 2.11. The maximum Gasteiger partial charge on any atom is 0.0318 e. The molecule has 9 N–H and O–H groups in total. The first kappa shape index (κ1) is 15.8. The Morgan fingerprint density at radius 3 is 2.19 bits per heavy atom. The van der Waals surface area contributed by atoms with Gasteiger partial charge < -0.3 is 33.2 Å². The van der Waals surface area contributed by atoms with Gasteiger partial charge in [-0.05, 0) is 19.5 Å². The van der Waals surface area contributed by atoms with E-state index >= 15 is 0 Å². The Labute approximate surface area is 98.7 Å². The minimum absolute atomic E-state index is 0.285. The number of rotatable bonds is 11. The lowest BCUT2D eigenvalue weighted by Gasteiger charge is -2.27. The van der Waals surface area contributed by atoms with Gasteiger partial charge in [-0.3, -0.25) is 0 Å². The number of hydrogen-bond donors (Lipinski definition) is 5. The third kappa shape index (κ3) is 7.98. The van der Waals surface area contributed by atoms with E-state index < -0.39 is 0 Å². The molecule has 0 aromatic heterocycles. The molecule has 0 bridgehead atoms. The predicted molar refractivity (Wildman–Crippen MR) is 69.1 cm³/mol. The molecule has 1 unspecified atom stereocenters. The van der Waals surface area contributed by atoms with E-state index in [0.29, 0.717) is 26.2 Å². The van der Waals surface area contributed by atoms with Crippen molar-refractivity contribution in [3.8, 4) is 0 Å². The average Bonchev–Trinajstić information content (AvgIpc) is 2.31. The molecular weight excluding hydrogens is 204 g/mol. The molecule has 0 saturated carbocycles. The fourth-order valence-electron chi connectivity index (χ4n) is 1.61. The van der Waals surface area contributed by atoms with E-state index in [1.807, 2.05) is 0 Å². The molecule has 0 aromatic carbocycles. The van der Waals surface area contributed by atoms with Crippen LogP contribution in [0.4, 0.5) is 0 Å². The maximum absolute atomic E-state index is 5.70. The highest BCUT2D eigenvalue weighted by molar-refractivity contribution is 4.73. The van der Waals surface area contributed by atoms with Gasteiger partial charge in [-0.25, -0.2) is 0 Å². The summed E-state index contributed by atoms with van der Waals surface area (Å²) >= 11 is 0. The van der Waals surface area contributed by atoms with Gasteiger partial charge in [-0.15, -0.1) is 0 Å². The Bertz CT molecular complexity index is 143. The first-order valence-electron chi connectivity index (χ1n) is 6.04. The van der Waals surface area contributed by atoms with Crippen molar-refractivity contribution in [3.63, 3.8) is 0 Å². The predicted octanol–water partition coefficient (Wildman–Crippen LogP) is -2.53. The van der Waals surface area contributed by atoms with E-state index in [2.05, 4.69) is 10.2 Å². The summed E-state index contributed by atoms with van der Waals surface area (Å²) in [6, 6.07) is 0.285. The minimum atomic E-state index is 0.285. The molecule has 1 atom stereocenters. The van der Waals surface area contributed by atoms with Crippen LogP contribution < -0.4 is 28.3 Å². The number of hydrogen-bond acceptors (Lipinski definition) is 6. The molecule has 0 fully saturated rings. The van der Waals surface area contributed by atoms with E-state index in [9.17, 15) is 0 Å². The Balaban J connectivity index is 3.90. The Morgan fingerprint density at radius 2 is 1.69 bits per heavy atom. The second-order valence-electron chi connectivity index (χ2n) is 3.91. The van der Waals surface area contributed by atoms with Crippen molar-refractivity contribution >= 4 is 0 Å². The highest BCUT2D eigenvalue weighted by atomic mass is 15.2. The molecule has 0 radical (unpaired) electrons. The van der Waals surface area contributed by atoms with Crippen molar-refractivity contribution in [2.24, 2.45) is 22.9 Å². The zero-order valence-electron chi connectivity index (χ0n) is 10.2. The van der Waals surface area contributed by atoms with Crippen LogP contribution >= 0.6 is 0 Å². The smallest absolute Gasteiger partial charge is 0.0318 e. The van der Waals surface area contributed by atoms with E-state index in [1.54, 1.807) is 0 Å². The molecule has 0 heterocycles. The number of nitrogens with two attached hydrogens (primary N) is 4. The molecule has 0 aliphatic carbocycles.